The molecule has 0 unspecified atom stereocenters. The van der Waals surface area contributed by atoms with Crippen LogP contribution in [0.25, 0.3) is 21.5 Å². The minimum absolute atomic E-state index is 0.114. The van der Waals surface area contributed by atoms with Crippen molar-refractivity contribution < 1.29 is 19.8 Å². The Morgan fingerprint density at radius 3 is 1.43 bits per heavy atom. The molecule has 2 amide bonds. The van der Waals surface area contributed by atoms with Crippen molar-refractivity contribution in [1.82, 2.24) is 10.9 Å². The van der Waals surface area contributed by atoms with E-state index in [-0.39, 0.29) is 23.3 Å². The van der Waals surface area contributed by atoms with Crippen molar-refractivity contribution in [2.24, 2.45) is 10.2 Å². The van der Waals surface area contributed by atoms with E-state index < -0.39 is 0 Å². The van der Waals surface area contributed by atoms with Crippen LogP contribution in [0, 0.1) is 0 Å². The van der Waals surface area contributed by atoms with Crippen LogP contribution in [-0.4, -0.2) is 34.5 Å². The van der Waals surface area contributed by atoms with Crippen LogP contribution in [-0.2, 0) is 9.59 Å². The van der Waals surface area contributed by atoms with Gasteiger partial charge in [-0.15, -0.1) is 0 Å². The van der Waals surface area contributed by atoms with Crippen LogP contribution < -0.4 is 10.9 Å². The number of nitrogens with one attached hydrogen (secondary N) is 2. The Balaban J connectivity index is 1.06. The molecule has 0 saturated carbocycles. The minimum atomic E-state index is -0.162. The molecule has 206 valence electrons. The van der Waals surface area contributed by atoms with E-state index in [0.717, 1.165) is 60.1 Å². The molecule has 0 fully saturated rings. The Labute approximate surface area is 233 Å². The summed E-state index contributed by atoms with van der Waals surface area (Å²) in [5.41, 5.74) is 6.21. The van der Waals surface area contributed by atoms with Crippen molar-refractivity contribution in [3.05, 3.63) is 83.9 Å². The molecule has 0 radical (unpaired) electrons. The summed E-state index contributed by atoms with van der Waals surface area (Å²) < 4.78 is 0. The third-order valence-corrected chi connectivity index (χ3v) is 6.72. The van der Waals surface area contributed by atoms with Crippen molar-refractivity contribution >= 4 is 45.8 Å². The molecule has 4 N–H and O–H groups in total. The first-order chi connectivity index (χ1) is 19.5. The van der Waals surface area contributed by atoms with E-state index in [1.165, 1.54) is 12.4 Å². The third kappa shape index (κ3) is 7.89. The number of hydrazone groups is 2. The van der Waals surface area contributed by atoms with E-state index >= 15 is 0 Å². The van der Waals surface area contributed by atoms with Gasteiger partial charge < -0.3 is 10.2 Å². The number of unbranched alkanes of at least 4 members (excludes halogenated alkanes) is 5. The molecule has 40 heavy (non-hydrogen) atoms. The first-order valence-corrected chi connectivity index (χ1v) is 13.6. The minimum Gasteiger partial charge on any atom is -0.507 e. The molecule has 0 aliphatic heterocycles. The van der Waals surface area contributed by atoms with Gasteiger partial charge in [0.1, 0.15) is 11.5 Å². The Kier molecular flexibility index (Phi) is 10.2. The summed E-state index contributed by atoms with van der Waals surface area (Å²) in [4.78, 5) is 24.2. The maximum Gasteiger partial charge on any atom is 0.240 e. The highest BCUT2D eigenvalue weighted by atomic mass is 16.3. The molecule has 0 spiro atoms. The number of hydrogen-bond donors (Lipinski definition) is 4. The molecule has 8 heteroatoms. The Morgan fingerprint density at radius 2 is 0.975 bits per heavy atom. The fraction of sp³-hybridized carbons (Fsp3) is 0.250. The molecule has 0 aromatic heterocycles. The number of benzene rings is 4. The molecule has 4 rings (SSSR count). The molecule has 0 bridgehead atoms. The van der Waals surface area contributed by atoms with Crippen LogP contribution in [0.2, 0.25) is 0 Å². The van der Waals surface area contributed by atoms with E-state index in [4.69, 9.17) is 0 Å². The average molecular weight is 539 g/mol. The zero-order valence-corrected chi connectivity index (χ0v) is 22.3. The summed E-state index contributed by atoms with van der Waals surface area (Å²) in [7, 11) is 0. The van der Waals surface area contributed by atoms with Gasteiger partial charge in [-0.25, -0.2) is 10.9 Å². The highest BCUT2D eigenvalue weighted by Crippen LogP contribution is 2.26. The monoisotopic (exact) mass is 538 g/mol. The summed E-state index contributed by atoms with van der Waals surface area (Å²) in [5.74, 6) is -0.0960. The molecular weight excluding hydrogens is 504 g/mol. The van der Waals surface area contributed by atoms with Crippen LogP contribution in [0.3, 0.4) is 0 Å². The number of carbonyl (C=O) groups is 2. The van der Waals surface area contributed by atoms with Gasteiger partial charge in [0.25, 0.3) is 0 Å². The Hall–Kier alpha value is -4.72. The normalized spacial score (nSPS) is 11.5. The van der Waals surface area contributed by atoms with E-state index in [0.29, 0.717) is 24.0 Å². The molecule has 8 nitrogen and oxygen atoms in total. The quantitative estimate of drug-likeness (QED) is 0.0929. The second kappa shape index (κ2) is 14.4. The first-order valence-electron chi connectivity index (χ1n) is 13.6. The SMILES string of the molecule is O=C(CCCCCCCCC(=O)NN=Cc1c(O)ccc2ccccc12)NN=Cc1c(O)ccc2ccccc12. The van der Waals surface area contributed by atoms with Gasteiger partial charge in [-0.3, -0.25) is 9.59 Å². The van der Waals surface area contributed by atoms with Gasteiger partial charge in [0.05, 0.1) is 12.4 Å². The van der Waals surface area contributed by atoms with Crippen LogP contribution in [0.1, 0.15) is 62.5 Å². The number of amides is 2. The van der Waals surface area contributed by atoms with Crippen molar-refractivity contribution in [3.8, 4) is 11.5 Å². The zero-order valence-electron chi connectivity index (χ0n) is 22.3. The zero-order chi connectivity index (χ0) is 28.2. The summed E-state index contributed by atoms with van der Waals surface area (Å²) >= 11 is 0. The first kappa shape index (κ1) is 28.3. The summed E-state index contributed by atoms with van der Waals surface area (Å²) in [6, 6.07) is 22.3. The lowest BCUT2D eigenvalue weighted by molar-refractivity contribution is -0.122. The maximum absolute atomic E-state index is 12.1. The number of hydrogen-bond acceptors (Lipinski definition) is 6. The lowest BCUT2D eigenvalue weighted by Crippen LogP contribution is -2.17. The van der Waals surface area contributed by atoms with E-state index in [9.17, 15) is 19.8 Å². The molecular formula is C32H34N4O4. The second-order valence-electron chi connectivity index (χ2n) is 9.65. The molecule has 0 aliphatic rings. The third-order valence-electron chi connectivity index (χ3n) is 6.72. The smallest absolute Gasteiger partial charge is 0.240 e. The fourth-order valence-corrected chi connectivity index (χ4v) is 4.57. The van der Waals surface area contributed by atoms with Crippen molar-refractivity contribution in [3.63, 3.8) is 0 Å². The number of rotatable bonds is 13. The summed E-state index contributed by atoms with van der Waals surface area (Å²) in [6.45, 7) is 0. The lowest BCUT2D eigenvalue weighted by Gasteiger charge is -2.05. The number of aromatic hydroxyl groups is 2. The highest BCUT2D eigenvalue weighted by molar-refractivity contribution is 6.03. The van der Waals surface area contributed by atoms with Gasteiger partial charge in [-0.05, 0) is 46.5 Å². The van der Waals surface area contributed by atoms with Crippen molar-refractivity contribution in [1.29, 1.82) is 0 Å². The number of carbonyl (C=O) groups excluding carboxylic acids is 2. The predicted molar refractivity (Wildman–Crippen MR) is 160 cm³/mol. The van der Waals surface area contributed by atoms with Gasteiger partial charge in [0, 0.05) is 24.0 Å². The summed E-state index contributed by atoms with van der Waals surface area (Å²) in [6.07, 6.45) is 9.06. The molecule has 0 aliphatic carbocycles. The van der Waals surface area contributed by atoms with Crippen LogP contribution in [0.15, 0.2) is 83.0 Å². The van der Waals surface area contributed by atoms with Crippen molar-refractivity contribution in [2.75, 3.05) is 0 Å². The molecule has 4 aromatic carbocycles. The van der Waals surface area contributed by atoms with Crippen LogP contribution in [0.5, 0.6) is 11.5 Å². The molecule has 0 saturated heterocycles. The largest absolute Gasteiger partial charge is 0.507 e. The van der Waals surface area contributed by atoms with Crippen LogP contribution >= 0.6 is 0 Å². The van der Waals surface area contributed by atoms with Gasteiger partial charge in [0.15, 0.2) is 0 Å². The molecule has 0 heterocycles. The standard InChI is InChI=1S/C32H34N4O4/c37-29-19-17-23-11-7-9-13-25(23)27(29)21-33-35-31(39)15-5-3-1-2-4-6-16-32(40)36-34-22-28-26-14-10-8-12-24(26)18-20-30(28)38/h7-14,17-22,37-38H,1-6,15-16H2,(H,35,39)(H,36,40). The average Bonchev–Trinajstić information content (AvgIpc) is 2.96. The van der Waals surface area contributed by atoms with Gasteiger partial charge >= 0.3 is 0 Å². The van der Waals surface area contributed by atoms with Crippen LogP contribution in [0.4, 0.5) is 0 Å². The number of phenols is 2. The number of nitrogens with zero attached hydrogens (tertiary/aromatic N) is 2. The highest BCUT2D eigenvalue weighted by Gasteiger charge is 2.06. The lowest BCUT2D eigenvalue weighted by atomic mass is 10.0. The number of phenolic OH excluding ortho intramolecular Hbond substituents is 2. The van der Waals surface area contributed by atoms with Crippen molar-refractivity contribution in [2.45, 2.75) is 51.4 Å². The van der Waals surface area contributed by atoms with Gasteiger partial charge in [-0.1, -0.05) is 86.3 Å². The van der Waals surface area contributed by atoms with E-state index in [1.807, 2.05) is 60.7 Å². The second-order valence-corrected chi connectivity index (χ2v) is 9.65. The summed E-state index contributed by atoms with van der Waals surface area (Å²) in [5, 5.41) is 32.0. The van der Waals surface area contributed by atoms with Gasteiger partial charge in [-0.2, -0.15) is 10.2 Å². The fourth-order valence-electron chi connectivity index (χ4n) is 4.57. The Morgan fingerprint density at radius 1 is 0.575 bits per heavy atom. The number of fused-ring (bicyclic) bond motifs is 2. The Bertz CT molecular complexity index is 1420. The van der Waals surface area contributed by atoms with Gasteiger partial charge in [0.2, 0.25) is 11.8 Å². The predicted octanol–water partition coefficient (Wildman–Crippen LogP) is 6.13. The molecule has 0 atom stereocenters. The van der Waals surface area contributed by atoms with E-state index in [2.05, 4.69) is 21.1 Å². The van der Waals surface area contributed by atoms with E-state index in [1.54, 1.807) is 12.1 Å². The molecule has 4 aromatic rings. The maximum atomic E-state index is 12.1. The topological polar surface area (TPSA) is 123 Å².